The first-order valence-corrected chi connectivity index (χ1v) is 6.93. The molecule has 2 aromatic rings. The SMILES string of the molecule is CCc1[nH]nc2c1[C@H](Cc1ccccc1)C(C#N)=C(N)O2. The highest BCUT2D eigenvalue weighted by atomic mass is 16.5. The highest BCUT2D eigenvalue weighted by Gasteiger charge is 2.33. The first-order chi connectivity index (χ1) is 10.2. The van der Waals surface area contributed by atoms with Crippen LogP contribution < -0.4 is 10.5 Å². The van der Waals surface area contributed by atoms with Crippen LogP contribution in [0.3, 0.4) is 0 Å². The molecule has 5 heteroatoms. The number of ether oxygens (including phenoxy) is 1. The van der Waals surface area contributed by atoms with Crippen molar-refractivity contribution in [2.75, 3.05) is 0 Å². The summed E-state index contributed by atoms with van der Waals surface area (Å²) in [6, 6.07) is 12.2. The van der Waals surface area contributed by atoms with Crippen molar-refractivity contribution in [3.05, 3.63) is 58.6 Å². The van der Waals surface area contributed by atoms with Gasteiger partial charge in [0.2, 0.25) is 11.8 Å². The lowest BCUT2D eigenvalue weighted by Crippen LogP contribution is -2.21. The van der Waals surface area contributed by atoms with Crippen LogP contribution in [0.15, 0.2) is 41.8 Å². The molecular weight excluding hydrogens is 264 g/mol. The molecule has 1 aromatic carbocycles. The summed E-state index contributed by atoms with van der Waals surface area (Å²) in [5.74, 6) is 0.527. The molecule has 0 fully saturated rings. The zero-order chi connectivity index (χ0) is 14.8. The molecule has 0 amide bonds. The molecule has 2 heterocycles. The number of benzene rings is 1. The fourth-order valence-corrected chi connectivity index (χ4v) is 2.74. The van der Waals surface area contributed by atoms with Gasteiger partial charge in [0.1, 0.15) is 6.07 Å². The smallest absolute Gasteiger partial charge is 0.243 e. The van der Waals surface area contributed by atoms with Gasteiger partial charge in [0.05, 0.1) is 5.57 Å². The molecule has 1 aromatic heterocycles. The molecule has 0 saturated heterocycles. The van der Waals surface area contributed by atoms with E-state index in [1.807, 2.05) is 37.3 Å². The number of nitrogens with one attached hydrogen (secondary N) is 1. The maximum absolute atomic E-state index is 9.44. The molecule has 0 spiro atoms. The van der Waals surface area contributed by atoms with Crippen LogP contribution in [-0.4, -0.2) is 10.2 Å². The van der Waals surface area contributed by atoms with E-state index in [-0.39, 0.29) is 11.8 Å². The first kappa shape index (κ1) is 13.3. The Bertz CT molecular complexity index is 724. The van der Waals surface area contributed by atoms with Gasteiger partial charge in [-0.25, -0.2) is 0 Å². The van der Waals surface area contributed by atoms with Gasteiger partial charge in [-0.05, 0) is 18.4 Å². The van der Waals surface area contributed by atoms with Gasteiger partial charge in [-0.3, -0.25) is 5.10 Å². The lowest BCUT2D eigenvalue weighted by Gasteiger charge is -2.23. The van der Waals surface area contributed by atoms with Crippen molar-refractivity contribution < 1.29 is 4.74 Å². The number of allylic oxidation sites excluding steroid dienone is 1. The first-order valence-electron chi connectivity index (χ1n) is 6.93. The fraction of sp³-hybridized carbons (Fsp3) is 0.250. The summed E-state index contributed by atoms with van der Waals surface area (Å²) in [6.07, 6.45) is 1.50. The Morgan fingerprint density at radius 1 is 1.38 bits per heavy atom. The Labute approximate surface area is 123 Å². The minimum Gasteiger partial charge on any atom is -0.420 e. The van der Waals surface area contributed by atoms with Crippen LogP contribution in [0.1, 0.15) is 29.7 Å². The zero-order valence-corrected chi connectivity index (χ0v) is 11.8. The zero-order valence-electron chi connectivity index (χ0n) is 11.8. The Morgan fingerprint density at radius 2 is 2.14 bits per heavy atom. The number of aryl methyl sites for hydroxylation is 1. The maximum atomic E-state index is 9.44. The number of aromatic nitrogens is 2. The largest absolute Gasteiger partial charge is 0.420 e. The van der Waals surface area contributed by atoms with E-state index < -0.39 is 0 Å². The Balaban J connectivity index is 2.07. The molecule has 0 radical (unpaired) electrons. The van der Waals surface area contributed by atoms with Crippen LogP contribution in [0.4, 0.5) is 0 Å². The van der Waals surface area contributed by atoms with Gasteiger partial charge in [0.15, 0.2) is 0 Å². The number of aromatic amines is 1. The maximum Gasteiger partial charge on any atom is 0.243 e. The van der Waals surface area contributed by atoms with Gasteiger partial charge in [0, 0.05) is 17.2 Å². The van der Waals surface area contributed by atoms with Crippen LogP contribution in [0, 0.1) is 11.3 Å². The lowest BCUT2D eigenvalue weighted by molar-refractivity contribution is 0.373. The number of hydrogen-bond acceptors (Lipinski definition) is 4. The molecule has 1 aliphatic rings. The molecule has 5 nitrogen and oxygen atoms in total. The molecule has 106 valence electrons. The van der Waals surface area contributed by atoms with E-state index in [4.69, 9.17) is 10.5 Å². The minimum absolute atomic E-state index is 0.116. The normalized spacial score (nSPS) is 17.0. The van der Waals surface area contributed by atoms with Crippen molar-refractivity contribution in [1.82, 2.24) is 10.2 Å². The number of H-pyrrole nitrogens is 1. The van der Waals surface area contributed by atoms with Crippen LogP contribution >= 0.6 is 0 Å². The van der Waals surface area contributed by atoms with E-state index in [1.165, 1.54) is 0 Å². The van der Waals surface area contributed by atoms with Gasteiger partial charge >= 0.3 is 0 Å². The predicted octanol–water partition coefficient (Wildman–Crippen LogP) is 2.38. The second kappa shape index (κ2) is 5.33. The van der Waals surface area contributed by atoms with Crippen molar-refractivity contribution in [2.24, 2.45) is 5.73 Å². The summed E-state index contributed by atoms with van der Waals surface area (Å²) >= 11 is 0. The van der Waals surface area contributed by atoms with Crippen molar-refractivity contribution in [1.29, 1.82) is 5.26 Å². The number of nitriles is 1. The van der Waals surface area contributed by atoms with E-state index in [0.29, 0.717) is 17.9 Å². The van der Waals surface area contributed by atoms with Gasteiger partial charge < -0.3 is 10.5 Å². The Hall–Kier alpha value is -2.74. The standard InChI is InChI=1S/C16H16N4O/c1-2-13-14-11(8-10-6-4-3-5-7-10)12(9-17)15(18)21-16(14)20-19-13/h3-7,11H,2,8,18H2,1H3,(H,19,20)/t11-/m1/s1. The summed E-state index contributed by atoms with van der Waals surface area (Å²) in [7, 11) is 0. The summed E-state index contributed by atoms with van der Waals surface area (Å²) in [5, 5.41) is 16.6. The number of rotatable bonds is 3. The molecule has 0 aliphatic carbocycles. The molecule has 1 atom stereocenters. The van der Waals surface area contributed by atoms with Crippen molar-refractivity contribution in [3.8, 4) is 11.9 Å². The predicted molar refractivity (Wildman–Crippen MR) is 78.3 cm³/mol. The third-order valence-electron chi connectivity index (χ3n) is 3.77. The summed E-state index contributed by atoms with van der Waals surface area (Å²) in [4.78, 5) is 0. The summed E-state index contributed by atoms with van der Waals surface area (Å²) in [6.45, 7) is 2.04. The van der Waals surface area contributed by atoms with E-state index in [2.05, 4.69) is 16.3 Å². The summed E-state index contributed by atoms with van der Waals surface area (Å²) < 4.78 is 5.48. The monoisotopic (exact) mass is 280 g/mol. The van der Waals surface area contributed by atoms with Gasteiger partial charge in [0.25, 0.3) is 0 Å². The quantitative estimate of drug-likeness (QED) is 0.903. The average molecular weight is 280 g/mol. The van der Waals surface area contributed by atoms with E-state index in [0.717, 1.165) is 23.2 Å². The van der Waals surface area contributed by atoms with Gasteiger partial charge in [-0.1, -0.05) is 37.3 Å². The van der Waals surface area contributed by atoms with Crippen LogP contribution in [-0.2, 0) is 12.8 Å². The minimum atomic E-state index is -0.116. The van der Waals surface area contributed by atoms with Crippen molar-refractivity contribution in [2.45, 2.75) is 25.7 Å². The van der Waals surface area contributed by atoms with Crippen LogP contribution in [0.25, 0.3) is 0 Å². The highest BCUT2D eigenvalue weighted by Crippen LogP contribution is 2.40. The Morgan fingerprint density at radius 3 is 2.81 bits per heavy atom. The second-order valence-electron chi connectivity index (χ2n) is 5.01. The molecule has 1 aliphatic heterocycles. The third kappa shape index (κ3) is 2.25. The number of nitrogens with two attached hydrogens (primary N) is 1. The number of fused-ring (bicyclic) bond motifs is 1. The van der Waals surface area contributed by atoms with E-state index in [9.17, 15) is 5.26 Å². The van der Waals surface area contributed by atoms with E-state index in [1.54, 1.807) is 0 Å². The molecule has 0 unspecified atom stereocenters. The molecular formula is C16H16N4O. The molecule has 0 bridgehead atoms. The Kier molecular flexibility index (Phi) is 3.36. The average Bonchev–Trinajstić information content (AvgIpc) is 2.91. The van der Waals surface area contributed by atoms with Crippen LogP contribution in [0.5, 0.6) is 5.88 Å². The molecule has 3 N–H and O–H groups in total. The molecule has 21 heavy (non-hydrogen) atoms. The second-order valence-corrected chi connectivity index (χ2v) is 5.01. The van der Waals surface area contributed by atoms with Gasteiger partial charge in [-0.2, -0.15) is 5.26 Å². The fourth-order valence-electron chi connectivity index (χ4n) is 2.74. The van der Waals surface area contributed by atoms with Crippen molar-refractivity contribution >= 4 is 0 Å². The third-order valence-corrected chi connectivity index (χ3v) is 3.77. The summed E-state index contributed by atoms with van der Waals surface area (Å²) in [5.41, 5.74) is 9.45. The van der Waals surface area contributed by atoms with E-state index >= 15 is 0 Å². The number of nitrogens with zero attached hydrogens (tertiary/aromatic N) is 2. The lowest BCUT2D eigenvalue weighted by atomic mass is 9.84. The van der Waals surface area contributed by atoms with Crippen LogP contribution in [0.2, 0.25) is 0 Å². The topological polar surface area (TPSA) is 87.7 Å². The molecule has 3 rings (SSSR count). The number of hydrogen-bond donors (Lipinski definition) is 2. The molecule has 0 saturated carbocycles. The van der Waals surface area contributed by atoms with Crippen molar-refractivity contribution in [3.63, 3.8) is 0 Å². The highest BCUT2D eigenvalue weighted by molar-refractivity contribution is 5.49. The van der Waals surface area contributed by atoms with Gasteiger partial charge in [-0.15, -0.1) is 5.10 Å².